The van der Waals surface area contributed by atoms with E-state index in [4.69, 9.17) is 0 Å². The summed E-state index contributed by atoms with van der Waals surface area (Å²) in [5.41, 5.74) is 1.94. The topological polar surface area (TPSA) is 50.2 Å². The molecule has 2 aliphatic heterocycles. The number of aromatic nitrogens is 2. The van der Waals surface area contributed by atoms with E-state index in [0.29, 0.717) is 11.1 Å². The number of para-hydroxylation sites is 1. The van der Waals surface area contributed by atoms with E-state index in [0.717, 1.165) is 44.7 Å². The third-order valence-electron chi connectivity index (χ3n) is 5.27. The number of carbonyl (C=O) groups excluding carboxylic acids is 1. The number of carbonyl (C=O) groups is 1. The van der Waals surface area contributed by atoms with Crippen LogP contribution in [0.15, 0.2) is 42.6 Å². The van der Waals surface area contributed by atoms with Gasteiger partial charge in [0.15, 0.2) is 5.69 Å². The number of hydrogen-bond donors (Lipinski definition) is 1. The lowest BCUT2D eigenvalue weighted by molar-refractivity contribution is 0.0601. The van der Waals surface area contributed by atoms with Gasteiger partial charge in [-0.25, -0.2) is 4.68 Å². The van der Waals surface area contributed by atoms with E-state index in [9.17, 15) is 4.79 Å². The molecule has 0 saturated carbocycles. The molecule has 120 valence electrons. The molecule has 0 bridgehead atoms. The van der Waals surface area contributed by atoms with Gasteiger partial charge >= 0.3 is 0 Å². The van der Waals surface area contributed by atoms with Crippen LogP contribution in [0.3, 0.4) is 0 Å². The van der Waals surface area contributed by atoms with Crippen LogP contribution in [-0.4, -0.2) is 46.8 Å². The van der Waals surface area contributed by atoms with E-state index in [1.807, 2.05) is 47.5 Å². The smallest absolute Gasteiger partial charge is 0.274 e. The Labute approximate surface area is 136 Å². The van der Waals surface area contributed by atoms with Crippen molar-refractivity contribution in [2.45, 2.75) is 19.3 Å². The molecule has 2 aliphatic rings. The van der Waals surface area contributed by atoms with Gasteiger partial charge in [-0.15, -0.1) is 0 Å². The van der Waals surface area contributed by atoms with Crippen LogP contribution in [0.2, 0.25) is 0 Å². The third kappa shape index (κ3) is 2.77. The van der Waals surface area contributed by atoms with Crippen LogP contribution in [0, 0.1) is 5.41 Å². The molecule has 4 rings (SSSR count). The van der Waals surface area contributed by atoms with Crippen molar-refractivity contribution in [3.8, 4) is 5.69 Å². The first-order valence-electron chi connectivity index (χ1n) is 8.37. The van der Waals surface area contributed by atoms with Crippen LogP contribution in [0.1, 0.15) is 29.8 Å². The van der Waals surface area contributed by atoms with Crippen LogP contribution in [0.4, 0.5) is 0 Å². The minimum Gasteiger partial charge on any atom is -0.337 e. The largest absolute Gasteiger partial charge is 0.337 e. The summed E-state index contributed by atoms with van der Waals surface area (Å²) in [6.45, 7) is 3.92. The minimum absolute atomic E-state index is 0.0560. The molecule has 2 aromatic rings. The fourth-order valence-corrected chi connectivity index (χ4v) is 3.73. The van der Waals surface area contributed by atoms with Gasteiger partial charge in [0.2, 0.25) is 0 Å². The van der Waals surface area contributed by atoms with Gasteiger partial charge in [0, 0.05) is 25.8 Å². The number of benzene rings is 1. The van der Waals surface area contributed by atoms with Crippen molar-refractivity contribution >= 4 is 5.91 Å². The quantitative estimate of drug-likeness (QED) is 0.924. The van der Waals surface area contributed by atoms with Crippen LogP contribution in [0.5, 0.6) is 0 Å². The Morgan fingerprint density at radius 1 is 1.09 bits per heavy atom. The molecule has 1 aromatic heterocycles. The lowest BCUT2D eigenvalue weighted by Gasteiger charge is -2.38. The second-order valence-corrected chi connectivity index (χ2v) is 6.70. The molecule has 1 N–H and O–H groups in total. The number of rotatable bonds is 2. The summed E-state index contributed by atoms with van der Waals surface area (Å²) in [7, 11) is 0. The predicted molar refractivity (Wildman–Crippen MR) is 88.6 cm³/mol. The molecule has 0 aliphatic carbocycles. The zero-order chi connectivity index (χ0) is 15.7. The highest BCUT2D eigenvalue weighted by molar-refractivity contribution is 5.92. The summed E-state index contributed by atoms with van der Waals surface area (Å²) in [4.78, 5) is 14.6. The first kappa shape index (κ1) is 14.5. The lowest BCUT2D eigenvalue weighted by atomic mass is 9.78. The van der Waals surface area contributed by atoms with Crippen molar-refractivity contribution in [2.75, 3.05) is 26.2 Å². The lowest BCUT2D eigenvalue weighted by Crippen LogP contribution is -2.44. The highest BCUT2D eigenvalue weighted by Crippen LogP contribution is 2.37. The first-order valence-corrected chi connectivity index (χ1v) is 8.37. The number of likely N-dealkylation sites (tertiary alicyclic amines) is 1. The van der Waals surface area contributed by atoms with Gasteiger partial charge in [-0.1, -0.05) is 18.2 Å². The molecule has 0 unspecified atom stereocenters. The number of hydrogen-bond acceptors (Lipinski definition) is 3. The van der Waals surface area contributed by atoms with Crippen molar-refractivity contribution in [3.05, 3.63) is 48.3 Å². The third-order valence-corrected chi connectivity index (χ3v) is 5.27. The van der Waals surface area contributed by atoms with Gasteiger partial charge in [-0.05, 0) is 49.4 Å². The summed E-state index contributed by atoms with van der Waals surface area (Å²) in [5.74, 6) is 0.0560. The summed E-state index contributed by atoms with van der Waals surface area (Å²) < 4.78 is 1.76. The highest BCUT2D eigenvalue weighted by Gasteiger charge is 2.38. The Morgan fingerprint density at radius 2 is 1.87 bits per heavy atom. The average Bonchev–Trinajstić information content (AvgIpc) is 3.26. The zero-order valence-electron chi connectivity index (χ0n) is 13.2. The van der Waals surface area contributed by atoms with Crippen molar-refractivity contribution in [1.82, 2.24) is 20.0 Å². The molecule has 1 aromatic carbocycles. The Kier molecular flexibility index (Phi) is 3.65. The predicted octanol–water partition coefficient (Wildman–Crippen LogP) is 2.09. The maximum absolute atomic E-state index is 12.7. The number of nitrogens with one attached hydrogen (secondary N) is 1. The van der Waals surface area contributed by atoms with Gasteiger partial charge < -0.3 is 10.2 Å². The fourth-order valence-electron chi connectivity index (χ4n) is 3.73. The van der Waals surface area contributed by atoms with E-state index in [2.05, 4.69) is 10.4 Å². The summed E-state index contributed by atoms with van der Waals surface area (Å²) >= 11 is 0. The normalized spacial score (nSPS) is 20.1. The second kappa shape index (κ2) is 5.81. The molecule has 3 heterocycles. The van der Waals surface area contributed by atoms with Crippen molar-refractivity contribution in [2.24, 2.45) is 5.41 Å². The van der Waals surface area contributed by atoms with Gasteiger partial charge in [0.25, 0.3) is 5.91 Å². The fraction of sp³-hybridized carbons (Fsp3) is 0.444. The maximum Gasteiger partial charge on any atom is 0.274 e. The minimum atomic E-state index is 0.0560. The van der Waals surface area contributed by atoms with Crippen molar-refractivity contribution in [3.63, 3.8) is 0 Å². The van der Waals surface area contributed by atoms with E-state index in [1.165, 1.54) is 6.42 Å². The van der Waals surface area contributed by atoms with Crippen molar-refractivity contribution < 1.29 is 4.79 Å². The second-order valence-electron chi connectivity index (χ2n) is 6.70. The summed E-state index contributed by atoms with van der Waals surface area (Å²) in [5, 5.41) is 7.92. The van der Waals surface area contributed by atoms with Crippen molar-refractivity contribution in [1.29, 1.82) is 0 Å². The van der Waals surface area contributed by atoms with Crippen LogP contribution in [0.25, 0.3) is 5.69 Å². The maximum atomic E-state index is 12.7. The number of piperidine rings is 1. The van der Waals surface area contributed by atoms with Crippen LogP contribution >= 0.6 is 0 Å². The Morgan fingerprint density at radius 3 is 2.57 bits per heavy atom. The standard InChI is InChI=1S/C18H22N4O/c23-17(21-12-8-18(9-13-21)7-10-19-14-18)16-6-11-22(20-16)15-4-2-1-3-5-15/h1-6,11,19H,7-10,12-14H2. The SMILES string of the molecule is O=C(c1ccn(-c2ccccc2)n1)N1CCC2(CCNC2)CC1. The molecule has 5 heteroatoms. The first-order chi connectivity index (χ1) is 11.3. The molecular formula is C18H22N4O. The van der Waals surface area contributed by atoms with Gasteiger partial charge in [0.1, 0.15) is 0 Å². The van der Waals surface area contributed by atoms with Gasteiger partial charge in [-0.3, -0.25) is 4.79 Å². The zero-order valence-corrected chi connectivity index (χ0v) is 13.2. The molecule has 0 atom stereocenters. The van der Waals surface area contributed by atoms with Crippen LogP contribution < -0.4 is 5.32 Å². The van der Waals surface area contributed by atoms with E-state index in [-0.39, 0.29) is 5.91 Å². The molecule has 2 fully saturated rings. The monoisotopic (exact) mass is 310 g/mol. The molecule has 1 amide bonds. The number of amides is 1. The van der Waals surface area contributed by atoms with Gasteiger partial charge in [-0.2, -0.15) is 5.10 Å². The Bertz CT molecular complexity index is 678. The van der Waals surface area contributed by atoms with E-state index in [1.54, 1.807) is 4.68 Å². The number of nitrogens with zero attached hydrogens (tertiary/aromatic N) is 3. The van der Waals surface area contributed by atoms with Gasteiger partial charge in [0.05, 0.1) is 5.69 Å². The molecule has 5 nitrogen and oxygen atoms in total. The highest BCUT2D eigenvalue weighted by atomic mass is 16.2. The molecule has 1 spiro atoms. The average molecular weight is 310 g/mol. The summed E-state index contributed by atoms with van der Waals surface area (Å²) in [6.07, 6.45) is 5.31. The Hall–Kier alpha value is -2.14. The molecule has 0 radical (unpaired) electrons. The summed E-state index contributed by atoms with van der Waals surface area (Å²) in [6, 6.07) is 11.7. The molecule has 23 heavy (non-hydrogen) atoms. The molecular weight excluding hydrogens is 288 g/mol. The Balaban J connectivity index is 1.45. The van der Waals surface area contributed by atoms with Crippen LogP contribution in [-0.2, 0) is 0 Å². The molecule has 2 saturated heterocycles. The van der Waals surface area contributed by atoms with E-state index >= 15 is 0 Å². The van der Waals surface area contributed by atoms with E-state index < -0.39 is 0 Å².